The van der Waals surface area contributed by atoms with Crippen LogP contribution in [-0.2, 0) is 5.54 Å². The van der Waals surface area contributed by atoms with Gasteiger partial charge in [0.1, 0.15) is 44.6 Å². The molecule has 0 amide bonds. The number of aromatic nitrogens is 12. The molecule has 0 aliphatic carbocycles. The van der Waals surface area contributed by atoms with E-state index in [0.717, 1.165) is 66.9 Å². The van der Waals surface area contributed by atoms with Gasteiger partial charge in [0.05, 0.1) is 64.0 Å². The lowest BCUT2D eigenvalue weighted by Crippen LogP contribution is -2.40. The minimum absolute atomic E-state index is 0.261. The summed E-state index contributed by atoms with van der Waals surface area (Å²) >= 11 is 0. The zero-order chi connectivity index (χ0) is 45.7. The summed E-state index contributed by atoms with van der Waals surface area (Å²) in [7, 11) is 0. The lowest BCUT2D eigenvalue weighted by atomic mass is 9.77. The fourth-order valence-corrected chi connectivity index (χ4v) is 8.69. The van der Waals surface area contributed by atoms with Gasteiger partial charge in [0.25, 0.3) is 0 Å². The maximum absolute atomic E-state index is 5.49. The second-order valence-corrected chi connectivity index (χ2v) is 15.7. The number of nitrogens with zero attached hydrogens (tertiary/aromatic N) is 15. The van der Waals surface area contributed by atoms with Gasteiger partial charge in [-0.25, -0.2) is 64.8 Å². The predicted octanol–water partition coefficient (Wildman–Crippen LogP) is 7.10. The van der Waals surface area contributed by atoms with Gasteiger partial charge in [-0.2, -0.15) is 0 Å². The van der Waals surface area contributed by atoms with Gasteiger partial charge in [0, 0.05) is 87.9 Å². The average Bonchev–Trinajstić information content (AvgIpc) is 3.68. The van der Waals surface area contributed by atoms with E-state index >= 15 is 0 Å². The normalized spacial score (nSPS) is 16.2. The molecular formula is C51H37N17. The lowest BCUT2D eigenvalue weighted by molar-refractivity contribution is 0.551. The quantitative estimate of drug-likeness (QED) is 0.140. The zero-order valence-corrected chi connectivity index (χ0v) is 36.3. The minimum Gasteiger partial charge on any atom is -0.372 e. The van der Waals surface area contributed by atoms with E-state index in [9.17, 15) is 0 Å². The van der Waals surface area contributed by atoms with E-state index in [2.05, 4.69) is 76.7 Å². The summed E-state index contributed by atoms with van der Waals surface area (Å²) in [6, 6.07) is 15.7. The molecule has 0 saturated heterocycles. The van der Waals surface area contributed by atoms with E-state index < -0.39 is 5.54 Å². The standard InChI is InChI=1S/C51H37N17/c1-51(12-20-59-31-68-51)36-22-33(45(39-6-14-53-25-62-39)50(44-11-19-58-30-67-44)48(36)42-9-17-56-28-65-42)32-3-2-4-37(60-23-32)34-21-35(38-5-13-52-24-61-38)47(41-8-16-55-27-64-41)49(43-10-18-57-29-66-43)46(34)40-7-15-54-26-63-40/h2-22,24-27,29-31,56H,23,28H2,1H3,(H,59,68). The maximum atomic E-state index is 5.49. The molecule has 17 nitrogen and oxygen atoms in total. The highest BCUT2D eigenvalue weighted by molar-refractivity contribution is 6.19. The first-order chi connectivity index (χ1) is 33.6. The molecule has 2 N–H and O–H groups in total. The van der Waals surface area contributed by atoms with Gasteiger partial charge in [-0.15, -0.1) is 0 Å². The third-order valence-electron chi connectivity index (χ3n) is 11.7. The topological polar surface area (TPSA) is 216 Å². The molecule has 2 aromatic carbocycles. The molecule has 68 heavy (non-hydrogen) atoms. The van der Waals surface area contributed by atoms with E-state index in [0.29, 0.717) is 46.5 Å². The Morgan fingerprint density at radius 3 is 1.51 bits per heavy atom. The second-order valence-electron chi connectivity index (χ2n) is 15.7. The van der Waals surface area contributed by atoms with Crippen molar-refractivity contribution in [2.75, 3.05) is 13.2 Å². The fourth-order valence-electron chi connectivity index (χ4n) is 8.69. The largest absolute Gasteiger partial charge is 0.372 e. The third kappa shape index (κ3) is 7.78. The van der Waals surface area contributed by atoms with Gasteiger partial charge in [-0.3, -0.25) is 9.98 Å². The number of rotatable bonds is 10. The van der Waals surface area contributed by atoms with Crippen molar-refractivity contribution >= 4 is 23.3 Å². The monoisotopic (exact) mass is 887 g/mol. The first-order valence-corrected chi connectivity index (χ1v) is 21.5. The fraction of sp³-hybridized carbons (Fsp3) is 0.0784. The van der Waals surface area contributed by atoms with Crippen LogP contribution in [0.25, 0.3) is 73.1 Å². The molecule has 0 saturated carbocycles. The lowest BCUT2D eigenvalue weighted by Gasteiger charge is -2.34. The Morgan fingerprint density at radius 2 is 1.01 bits per heavy atom. The highest BCUT2D eigenvalue weighted by Gasteiger charge is 2.35. The Balaban J connectivity index is 1.18. The number of aliphatic imine (C=N–C) groups is 3. The number of nitrogens with one attached hydrogen (secondary N) is 2. The van der Waals surface area contributed by atoms with E-state index in [1.807, 2.05) is 67.0 Å². The molecule has 0 fully saturated rings. The average molecular weight is 888 g/mol. The molecule has 11 rings (SSSR count). The van der Waals surface area contributed by atoms with E-state index in [1.165, 1.54) is 25.3 Å². The van der Waals surface area contributed by atoms with Gasteiger partial charge in [-0.05, 0) is 96.6 Å². The van der Waals surface area contributed by atoms with Crippen LogP contribution < -0.4 is 10.6 Å². The molecule has 1 atom stereocenters. The van der Waals surface area contributed by atoms with Crippen molar-refractivity contribution in [2.45, 2.75) is 12.5 Å². The predicted molar refractivity (Wildman–Crippen MR) is 259 cm³/mol. The van der Waals surface area contributed by atoms with Gasteiger partial charge >= 0.3 is 0 Å². The molecule has 9 heterocycles. The Labute approximate surface area is 389 Å². The summed E-state index contributed by atoms with van der Waals surface area (Å²) in [5.74, 6) is 0. The molecule has 6 aromatic heterocycles. The Bertz CT molecular complexity index is 3380. The van der Waals surface area contributed by atoms with Crippen molar-refractivity contribution in [1.29, 1.82) is 0 Å². The Hall–Kier alpha value is -9.51. The van der Waals surface area contributed by atoms with Crippen LogP contribution in [-0.4, -0.2) is 90.8 Å². The van der Waals surface area contributed by atoms with Crippen molar-refractivity contribution in [2.24, 2.45) is 15.0 Å². The van der Waals surface area contributed by atoms with Crippen LogP contribution in [0.15, 0.2) is 181 Å². The second kappa shape index (κ2) is 18.2. The molecule has 17 heteroatoms. The number of hydrogen-bond donors (Lipinski definition) is 2. The highest BCUT2D eigenvalue weighted by Crippen LogP contribution is 2.48. The summed E-state index contributed by atoms with van der Waals surface area (Å²) in [4.78, 5) is 69.5. The Kier molecular flexibility index (Phi) is 11.0. The summed E-state index contributed by atoms with van der Waals surface area (Å²) < 4.78 is 0. The van der Waals surface area contributed by atoms with Gasteiger partial charge in [-0.1, -0.05) is 12.2 Å². The highest BCUT2D eigenvalue weighted by atomic mass is 15.0. The summed E-state index contributed by atoms with van der Waals surface area (Å²) in [6.07, 6.45) is 35.3. The molecule has 8 aromatic rings. The summed E-state index contributed by atoms with van der Waals surface area (Å²) in [6.45, 7) is 2.79. The van der Waals surface area contributed by atoms with Crippen molar-refractivity contribution in [3.63, 3.8) is 0 Å². The third-order valence-corrected chi connectivity index (χ3v) is 11.7. The van der Waals surface area contributed by atoms with Gasteiger partial charge in [0.2, 0.25) is 0 Å². The maximum Gasteiger partial charge on any atom is 0.116 e. The molecule has 1 unspecified atom stereocenters. The van der Waals surface area contributed by atoms with Crippen LogP contribution >= 0.6 is 0 Å². The van der Waals surface area contributed by atoms with E-state index in [4.69, 9.17) is 39.9 Å². The Morgan fingerprint density at radius 1 is 0.500 bits per heavy atom. The minimum atomic E-state index is -0.721. The number of allylic oxidation sites excluding steroid dienone is 4. The molecule has 0 radical (unpaired) electrons. The molecule has 0 spiro atoms. The van der Waals surface area contributed by atoms with Crippen LogP contribution in [0, 0.1) is 0 Å². The molecular weight excluding hydrogens is 851 g/mol. The van der Waals surface area contributed by atoms with Crippen molar-refractivity contribution < 1.29 is 0 Å². The van der Waals surface area contributed by atoms with Gasteiger partial charge < -0.3 is 10.6 Å². The first kappa shape index (κ1) is 41.2. The van der Waals surface area contributed by atoms with E-state index in [-0.39, 0.29) is 6.54 Å². The first-order valence-electron chi connectivity index (χ1n) is 21.5. The van der Waals surface area contributed by atoms with Crippen LogP contribution in [0.1, 0.15) is 29.2 Å². The number of hydrogen-bond acceptors (Lipinski definition) is 17. The molecule has 3 aliphatic rings. The van der Waals surface area contributed by atoms with Crippen LogP contribution in [0.3, 0.4) is 0 Å². The smallest absolute Gasteiger partial charge is 0.116 e. The SMILES string of the molecule is CC1(c2cc(C3=CC=CC(c4cc(-c5ccncn5)c(-c5ccncn5)c(-c5ccncn5)c4-c4ccncn4)=NC3)c(-c3ccncn3)c(-c3ccncn3)c2C2=NCNC=C2)C=CN=CN1. The zero-order valence-electron chi connectivity index (χ0n) is 36.3. The van der Waals surface area contributed by atoms with E-state index in [1.54, 1.807) is 56.2 Å². The summed E-state index contributed by atoms with van der Waals surface area (Å²) in [5, 5.41) is 6.76. The van der Waals surface area contributed by atoms with Gasteiger partial charge in [0.15, 0.2) is 0 Å². The van der Waals surface area contributed by atoms with Crippen molar-refractivity contribution in [3.05, 3.63) is 189 Å². The van der Waals surface area contributed by atoms with Crippen LogP contribution in [0.5, 0.6) is 0 Å². The number of benzene rings is 2. The van der Waals surface area contributed by atoms with Crippen LogP contribution in [0.2, 0.25) is 0 Å². The molecule has 3 aliphatic heterocycles. The molecule has 326 valence electrons. The molecule has 0 bridgehead atoms. The van der Waals surface area contributed by atoms with Crippen molar-refractivity contribution in [1.82, 2.24) is 70.4 Å². The summed E-state index contributed by atoms with van der Waals surface area (Å²) in [5.41, 5.74) is 13.9. The van der Waals surface area contributed by atoms with Crippen molar-refractivity contribution in [3.8, 4) is 67.5 Å². The van der Waals surface area contributed by atoms with Crippen LogP contribution in [0.4, 0.5) is 0 Å².